The molecule has 10 heteroatoms. The van der Waals surface area contributed by atoms with Gasteiger partial charge >= 0.3 is 12.5 Å². The van der Waals surface area contributed by atoms with Gasteiger partial charge in [-0.2, -0.15) is 0 Å². The number of fused-ring (bicyclic) bond motifs is 2. The monoisotopic (exact) mass is 456 g/mol. The van der Waals surface area contributed by atoms with Gasteiger partial charge in [-0.15, -0.1) is 13.2 Å². The van der Waals surface area contributed by atoms with Crippen LogP contribution in [0.1, 0.15) is 37.7 Å². The zero-order valence-electron chi connectivity index (χ0n) is 17.5. The SMILES string of the molecule is O=C(COC1CC(OC(F)(F)F)C1)N[C@@H]1C[C@@H]2C[C@H]1C[C@H]2NC(=O)OCc1ccccc1. The molecule has 0 radical (unpaired) electrons. The Bertz CT molecular complexity index is 801. The van der Waals surface area contributed by atoms with Crippen LogP contribution in [0.25, 0.3) is 0 Å². The quantitative estimate of drug-likeness (QED) is 0.627. The van der Waals surface area contributed by atoms with Gasteiger partial charge < -0.3 is 20.1 Å². The van der Waals surface area contributed by atoms with Crippen molar-refractivity contribution >= 4 is 12.0 Å². The first-order valence-electron chi connectivity index (χ1n) is 10.9. The molecule has 2 N–H and O–H groups in total. The minimum Gasteiger partial charge on any atom is -0.445 e. The lowest BCUT2D eigenvalue weighted by Crippen LogP contribution is -2.47. The van der Waals surface area contributed by atoms with Crippen LogP contribution in [-0.2, 0) is 25.6 Å². The summed E-state index contributed by atoms with van der Waals surface area (Å²) in [7, 11) is 0. The number of hydrogen-bond donors (Lipinski definition) is 2. The highest BCUT2D eigenvalue weighted by atomic mass is 19.4. The van der Waals surface area contributed by atoms with Gasteiger partial charge in [0.1, 0.15) is 13.2 Å². The molecular weight excluding hydrogens is 429 g/mol. The standard InChI is InChI=1S/C22H27F3N2O5/c23-22(24,25)32-17-9-16(10-17)30-12-20(28)26-18-7-15-6-14(18)8-19(15)27-21(29)31-11-13-4-2-1-3-5-13/h1-5,14-19H,6-12H2,(H,26,28)(H,27,29)/t14-,15-,16?,17?,18+,19+/m0/s1. The highest BCUT2D eigenvalue weighted by Gasteiger charge is 2.47. The van der Waals surface area contributed by atoms with E-state index in [0.717, 1.165) is 24.8 Å². The van der Waals surface area contributed by atoms with Crippen LogP contribution in [0.3, 0.4) is 0 Å². The molecule has 3 fully saturated rings. The summed E-state index contributed by atoms with van der Waals surface area (Å²) >= 11 is 0. The molecule has 0 aromatic heterocycles. The normalized spacial score (nSPS) is 31.1. The summed E-state index contributed by atoms with van der Waals surface area (Å²) in [4.78, 5) is 24.3. The van der Waals surface area contributed by atoms with E-state index >= 15 is 0 Å². The lowest BCUT2D eigenvalue weighted by atomic mass is 9.91. The maximum atomic E-state index is 12.2. The summed E-state index contributed by atoms with van der Waals surface area (Å²) in [6.07, 6.45) is -3.62. The molecule has 0 spiro atoms. The maximum Gasteiger partial charge on any atom is 0.522 e. The molecule has 2 amide bonds. The van der Waals surface area contributed by atoms with Crippen LogP contribution in [-0.4, -0.2) is 49.3 Å². The Morgan fingerprint density at radius 1 is 0.906 bits per heavy atom. The molecule has 3 aliphatic carbocycles. The van der Waals surface area contributed by atoms with E-state index in [-0.39, 0.29) is 62.0 Å². The number of nitrogens with one attached hydrogen (secondary N) is 2. The van der Waals surface area contributed by atoms with Gasteiger partial charge in [0.05, 0.1) is 12.2 Å². The van der Waals surface area contributed by atoms with Gasteiger partial charge in [-0.3, -0.25) is 9.53 Å². The van der Waals surface area contributed by atoms with Crippen molar-refractivity contribution in [2.24, 2.45) is 11.8 Å². The minimum absolute atomic E-state index is 0.0252. The number of rotatable bonds is 8. The molecule has 1 aromatic rings. The zero-order valence-corrected chi connectivity index (χ0v) is 17.5. The Morgan fingerprint density at radius 2 is 1.56 bits per heavy atom. The van der Waals surface area contributed by atoms with Crippen LogP contribution < -0.4 is 10.6 Å². The van der Waals surface area contributed by atoms with Gasteiger partial charge in [-0.25, -0.2) is 4.79 Å². The molecule has 1 aromatic carbocycles. The second-order valence-corrected chi connectivity index (χ2v) is 8.80. The topological polar surface area (TPSA) is 85.9 Å². The lowest BCUT2D eigenvalue weighted by molar-refractivity contribution is -0.357. The Hall–Kier alpha value is -2.33. The highest BCUT2D eigenvalue weighted by Crippen LogP contribution is 2.44. The molecule has 4 atom stereocenters. The van der Waals surface area contributed by atoms with Gasteiger partial charge in [0.25, 0.3) is 0 Å². The first kappa shape index (κ1) is 22.8. The number of halogens is 3. The zero-order chi connectivity index (χ0) is 22.7. The summed E-state index contributed by atoms with van der Waals surface area (Å²) in [5.74, 6) is 0.286. The number of amides is 2. The first-order chi connectivity index (χ1) is 15.2. The van der Waals surface area contributed by atoms with Crippen molar-refractivity contribution < 1.29 is 37.0 Å². The predicted octanol–water partition coefficient (Wildman–Crippen LogP) is 3.28. The predicted molar refractivity (Wildman–Crippen MR) is 106 cm³/mol. The molecule has 32 heavy (non-hydrogen) atoms. The van der Waals surface area contributed by atoms with Crippen LogP contribution in [0.2, 0.25) is 0 Å². The third-order valence-corrected chi connectivity index (χ3v) is 6.52. The number of carbonyl (C=O) groups excluding carboxylic acids is 2. The molecule has 3 aliphatic rings. The van der Waals surface area contributed by atoms with E-state index < -0.39 is 18.6 Å². The molecule has 0 unspecified atom stereocenters. The van der Waals surface area contributed by atoms with Crippen LogP contribution in [0.5, 0.6) is 0 Å². The van der Waals surface area contributed by atoms with Gasteiger partial charge in [0.2, 0.25) is 5.91 Å². The Balaban J connectivity index is 1.10. The van der Waals surface area contributed by atoms with Gasteiger partial charge in [-0.1, -0.05) is 30.3 Å². The van der Waals surface area contributed by atoms with Crippen LogP contribution in [0.15, 0.2) is 30.3 Å². The molecule has 3 saturated carbocycles. The summed E-state index contributed by atoms with van der Waals surface area (Å²) in [6.45, 7) is 0.0427. The number of benzene rings is 1. The molecular formula is C22H27F3N2O5. The smallest absolute Gasteiger partial charge is 0.445 e. The fourth-order valence-electron chi connectivity index (χ4n) is 4.93. The van der Waals surface area contributed by atoms with E-state index in [1.54, 1.807) is 0 Å². The number of carbonyl (C=O) groups is 2. The number of hydrogen-bond acceptors (Lipinski definition) is 5. The van der Waals surface area contributed by atoms with E-state index in [4.69, 9.17) is 9.47 Å². The van der Waals surface area contributed by atoms with Crippen molar-refractivity contribution in [3.63, 3.8) is 0 Å². The largest absolute Gasteiger partial charge is 0.522 e. The van der Waals surface area contributed by atoms with Crippen molar-refractivity contribution in [3.05, 3.63) is 35.9 Å². The maximum absolute atomic E-state index is 12.2. The minimum atomic E-state index is -4.64. The summed E-state index contributed by atoms with van der Waals surface area (Å²) in [5.41, 5.74) is 0.922. The molecule has 176 valence electrons. The van der Waals surface area contributed by atoms with Crippen LogP contribution >= 0.6 is 0 Å². The van der Waals surface area contributed by atoms with Crippen molar-refractivity contribution in [2.75, 3.05) is 6.61 Å². The second-order valence-electron chi connectivity index (χ2n) is 8.80. The lowest BCUT2D eigenvalue weighted by Gasteiger charge is -2.35. The van der Waals surface area contributed by atoms with E-state index in [1.165, 1.54) is 0 Å². The average Bonchev–Trinajstić information content (AvgIpc) is 3.28. The summed E-state index contributed by atoms with van der Waals surface area (Å²) in [5, 5.41) is 5.90. The van der Waals surface area contributed by atoms with Crippen LogP contribution in [0, 0.1) is 11.8 Å². The Morgan fingerprint density at radius 3 is 2.19 bits per heavy atom. The van der Waals surface area contributed by atoms with E-state index in [0.29, 0.717) is 0 Å². The van der Waals surface area contributed by atoms with E-state index in [1.807, 2.05) is 30.3 Å². The molecule has 0 aliphatic heterocycles. The van der Waals surface area contributed by atoms with Crippen molar-refractivity contribution in [2.45, 2.75) is 69.4 Å². The van der Waals surface area contributed by atoms with E-state index in [2.05, 4.69) is 15.4 Å². The van der Waals surface area contributed by atoms with Crippen molar-refractivity contribution in [1.29, 1.82) is 0 Å². The Kier molecular flexibility index (Phi) is 6.90. The molecule has 2 bridgehead atoms. The molecule has 7 nitrogen and oxygen atoms in total. The third kappa shape index (κ3) is 6.13. The Labute approximate surface area is 184 Å². The fourth-order valence-corrected chi connectivity index (χ4v) is 4.93. The van der Waals surface area contributed by atoms with Gasteiger partial charge in [-0.05, 0) is 36.7 Å². The summed E-state index contributed by atoms with van der Waals surface area (Å²) < 4.78 is 50.9. The van der Waals surface area contributed by atoms with E-state index in [9.17, 15) is 22.8 Å². The van der Waals surface area contributed by atoms with Crippen LogP contribution in [0.4, 0.5) is 18.0 Å². The number of alkyl carbamates (subject to hydrolysis) is 1. The molecule has 0 saturated heterocycles. The number of alkyl halides is 3. The van der Waals surface area contributed by atoms with Crippen molar-refractivity contribution in [1.82, 2.24) is 10.6 Å². The van der Waals surface area contributed by atoms with Gasteiger partial charge in [0, 0.05) is 24.9 Å². The van der Waals surface area contributed by atoms with Crippen molar-refractivity contribution in [3.8, 4) is 0 Å². The third-order valence-electron chi connectivity index (χ3n) is 6.52. The molecule has 0 heterocycles. The fraction of sp³-hybridized carbons (Fsp3) is 0.636. The highest BCUT2D eigenvalue weighted by molar-refractivity contribution is 5.77. The molecule has 4 rings (SSSR count). The number of ether oxygens (including phenoxy) is 3. The van der Waals surface area contributed by atoms with Gasteiger partial charge in [0.15, 0.2) is 0 Å². The second kappa shape index (κ2) is 9.66. The summed E-state index contributed by atoms with van der Waals surface area (Å²) in [6, 6.07) is 9.51. The average molecular weight is 456 g/mol. The first-order valence-corrected chi connectivity index (χ1v) is 10.9.